The Morgan fingerprint density at radius 2 is 1.00 bits per heavy atom. The first-order valence-corrected chi connectivity index (χ1v) is 20.6. The number of carboxylic acids is 2. The van der Waals surface area contributed by atoms with Crippen molar-refractivity contribution in [1.82, 2.24) is 0 Å². The van der Waals surface area contributed by atoms with Gasteiger partial charge < -0.3 is 50.3 Å². The molecular formula is C44H66O14. The van der Waals surface area contributed by atoms with E-state index in [4.69, 9.17) is 19.7 Å². The molecule has 10 atom stereocenters. The molecule has 0 amide bonds. The molecule has 4 fully saturated rings. The third-order valence-corrected chi connectivity index (χ3v) is 15.2. The standard InChI is InChI=1S/2C20H30O5.C4H6O4/c2*1-12-4-7-16-19(2,9-8-17(23)20(16,3)11-21)14(12)6-5-13-15(22)10-25-18(13)24;5-3(6)1-2-4(7)8/h2*14,16-17,21-23H,1,4-11H2,2-3H3;1-2H2,(H,5,6)(H,7,8)/t2*14-,16+,17-,19+,20+;/m11./s1. The number of aliphatic carboxylic acids is 2. The Balaban J connectivity index is 0.000000217. The number of carbonyl (C=O) groups excluding carboxylic acids is 2. The molecular weight excluding hydrogens is 752 g/mol. The summed E-state index contributed by atoms with van der Waals surface area (Å²) in [7, 11) is 0. The summed E-state index contributed by atoms with van der Waals surface area (Å²) in [5, 5.41) is 76.6. The highest BCUT2D eigenvalue weighted by Crippen LogP contribution is 2.63. The van der Waals surface area contributed by atoms with Gasteiger partial charge in [-0.3, -0.25) is 9.59 Å². The summed E-state index contributed by atoms with van der Waals surface area (Å²) in [4.78, 5) is 42.8. The molecule has 0 spiro atoms. The maximum Gasteiger partial charge on any atom is 0.337 e. The van der Waals surface area contributed by atoms with Crippen molar-refractivity contribution in [2.75, 3.05) is 26.4 Å². The van der Waals surface area contributed by atoms with Crippen LogP contribution in [0.25, 0.3) is 0 Å². The first-order valence-electron chi connectivity index (χ1n) is 20.6. The minimum Gasteiger partial charge on any atom is -0.508 e. The molecule has 2 aliphatic heterocycles. The zero-order valence-corrected chi connectivity index (χ0v) is 34.6. The fourth-order valence-corrected chi connectivity index (χ4v) is 11.6. The molecule has 8 N–H and O–H groups in total. The van der Waals surface area contributed by atoms with Crippen LogP contribution in [-0.4, -0.2) is 103 Å². The van der Waals surface area contributed by atoms with Gasteiger partial charge in [0.15, 0.2) is 0 Å². The number of carboxylic acid groups (broad SMARTS) is 2. The zero-order valence-electron chi connectivity index (χ0n) is 34.6. The van der Waals surface area contributed by atoms with E-state index in [0.29, 0.717) is 36.8 Å². The number of carbonyl (C=O) groups is 4. The molecule has 0 aromatic rings. The Morgan fingerprint density at radius 3 is 1.28 bits per heavy atom. The van der Waals surface area contributed by atoms with Crippen LogP contribution in [0.15, 0.2) is 47.0 Å². The summed E-state index contributed by atoms with van der Waals surface area (Å²) in [5.74, 6) is -2.05. The summed E-state index contributed by atoms with van der Waals surface area (Å²) < 4.78 is 9.78. The maximum atomic E-state index is 11.8. The number of hydrogen-bond donors (Lipinski definition) is 8. The van der Waals surface area contributed by atoms with Crippen LogP contribution in [0.2, 0.25) is 0 Å². The lowest BCUT2D eigenvalue weighted by atomic mass is 9.46. The zero-order chi connectivity index (χ0) is 43.4. The number of hydrogen-bond acceptors (Lipinski definition) is 12. The lowest BCUT2D eigenvalue weighted by Gasteiger charge is -2.60. The van der Waals surface area contributed by atoms with Gasteiger partial charge in [0.2, 0.25) is 0 Å². The Kier molecular flexibility index (Phi) is 15.1. The van der Waals surface area contributed by atoms with E-state index >= 15 is 0 Å². The third kappa shape index (κ3) is 9.35. The van der Waals surface area contributed by atoms with Gasteiger partial charge in [0.05, 0.1) is 49.4 Å². The molecule has 6 aliphatic rings. The van der Waals surface area contributed by atoms with Crippen molar-refractivity contribution in [1.29, 1.82) is 0 Å². The fraction of sp³-hybridized carbons (Fsp3) is 0.727. The van der Waals surface area contributed by atoms with Gasteiger partial charge in [-0.1, -0.05) is 52.0 Å². The molecule has 0 bridgehead atoms. The molecule has 0 radical (unpaired) electrons. The Hall–Kier alpha value is -3.72. The highest BCUT2D eigenvalue weighted by atomic mass is 16.6. The third-order valence-electron chi connectivity index (χ3n) is 15.2. The van der Waals surface area contributed by atoms with Crippen molar-refractivity contribution in [2.45, 2.75) is 130 Å². The predicted octanol–water partition coefficient (Wildman–Crippen LogP) is 5.69. The van der Waals surface area contributed by atoms with E-state index in [1.807, 2.05) is 13.8 Å². The normalized spacial score (nSPS) is 37.1. The highest BCUT2D eigenvalue weighted by molar-refractivity contribution is 5.91. The number of allylic oxidation sites excluding steroid dienone is 2. The first-order chi connectivity index (χ1) is 27.1. The van der Waals surface area contributed by atoms with Crippen molar-refractivity contribution < 1.29 is 69.5 Å². The quantitative estimate of drug-likeness (QED) is 0.0922. The van der Waals surface area contributed by atoms with Gasteiger partial charge in [-0.25, -0.2) is 9.59 Å². The summed E-state index contributed by atoms with van der Waals surface area (Å²) in [5.41, 5.74) is 2.01. The Morgan fingerprint density at radius 1 is 0.655 bits per heavy atom. The highest BCUT2D eigenvalue weighted by Gasteiger charge is 2.59. The van der Waals surface area contributed by atoms with Gasteiger partial charge in [0.1, 0.15) is 24.7 Å². The summed E-state index contributed by atoms with van der Waals surface area (Å²) in [6.45, 7) is 17.0. The van der Waals surface area contributed by atoms with Crippen LogP contribution in [0.4, 0.5) is 0 Å². The average Bonchev–Trinajstić information content (AvgIpc) is 3.67. The van der Waals surface area contributed by atoms with Crippen molar-refractivity contribution in [3.63, 3.8) is 0 Å². The molecule has 0 aromatic carbocycles. The van der Waals surface area contributed by atoms with E-state index in [1.165, 1.54) is 11.1 Å². The van der Waals surface area contributed by atoms with Gasteiger partial charge in [0, 0.05) is 10.8 Å². The van der Waals surface area contributed by atoms with Crippen LogP contribution in [0.1, 0.15) is 118 Å². The molecule has 6 rings (SSSR count). The van der Waals surface area contributed by atoms with E-state index in [2.05, 4.69) is 27.0 Å². The second-order valence-electron chi connectivity index (χ2n) is 18.4. The van der Waals surface area contributed by atoms with E-state index in [-0.39, 0.29) is 85.3 Å². The van der Waals surface area contributed by atoms with E-state index in [9.17, 15) is 49.8 Å². The minimum atomic E-state index is -1.08. The molecule has 14 nitrogen and oxygen atoms in total. The topological polar surface area (TPSA) is 249 Å². The molecule has 0 saturated heterocycles. The fourth-order valence-electron chi connectivity index (χ4n) is 11.6. The molecule has 0 aromatic heterocycles. The molecule has 326 valence electrons. The van der Waals surface area contributed by atoms with Crippen LogP contribution in [0.3, 0.4) is 0 Å². The van der Waals surface area contributed by atoms with E-state index in [0.717, 1.165) is 51.4 Å². The minimum absolute atomic E-state index is 0.0194. The number of cyclic esters (lactones) is 2. The molecule has 0 unspecified atom stereocenters. The number of ether oxygens (including phenoxy) is 2. The molecule has 2 heterocycles. The summed E-state index contributed by atoms with van der Waals surface area (Å²) >= 11 is 0. The average molecular weight is 819 g/mol. The predicted molar refractivity (Wildman–Crippen MR) is 212 cm³/mol. The molecule has 4 aliphatic carbocycles. The van der Waals surface area contributed by atoms with Crippen LogP contribution in [0.5, 0.6) is 0 Å². The number of aliphatic hydroxyl groups is 6. The van der Waals surface area contributed by atoms with Crippen LogP contribution in [0, 0.1) is 45.3 Å². The Bertz CT molecular complexity index is 1540. The lowest BCUT2D eigenvalue weighted by molar-refractivity contribution is -0.152. The molecule has 14 heteroatoms. The van der Waals surface area contributed by atoms with E-state index in [1.54, 1.807) is 0 Å². The van der Waals surface area contributed by atoms with E-state index < -0.39 is 46.9 Å². The van der Waals surface area contributed by atoms with Crippen LogP contribution < -0.4 is 0 Å². The number of aliphatic hydroxyl groups excluding tert-OH is 6. The van der Waals surface area contributed by atoms with Crippen molar-refractivity contribution in [3.8, 4) is 0 Å². The largest absolute Gasteiger partial charge is 0.508 e. The van der Waals surface area contributed by atoms with Gasteiger partial charge in [-0.05, 0) is 112 Å². The molecule has 4 saturated carbocycles. The van der Waals surface area contributed by atoms with Gasteiger partial charge in [-0.15, -0.1) is 0 Å². The first kappa shape index (κ1) is 47.0. The lowest BCUT2D eigenvalue weighted by Crippen LogP contribution is -2.57. The van der Waals surface area contributed by atoms with Gasteiger partial charge in [0.25, 0.3) is 0 Å². The smallest absolute Gasteiger partial charge is 0.337 e. The summed E-state index contributed by atoms with van der Waals surface area (Å²) in [6.07, 6.45) is 7.58. The van der Waals surface area contributed by atoms with Gasteiger partial charge >= 0.3 is 23.9 Å². The van der Waals surface area contributed by atoms with Crippen LogP contribution in [-0.2, 0) is 28.7 Å². The maximum absolute atomic E-state index is 11.8. The van der Waals surface area contributed by atoms with Crippen molar-refractivity contribution >= 4 is 23.9 Å². The molecule has 58 heavy (non-hydrogen) atoms. The van der Waals surface area contributed by atoms with Gasteiger partial charge in [-0.2, -0.15) is 0 Å². The summed E-state index contributed by atoms with van der Waals surface area (Å²) in [6, 6.07) is 0. The van der Waals surface area contributed by atoms with Crippen molar-refractivity contribution in [2.24, 2.45) is 45.3 Å². The second-order valence-corrected chi connectivity index (χ2v) is 18.4. The SMILES string of the molecule is C=C1CC[C@@H]2[C@](C)(CO)[C@H](O)CC[C@@]2(C)[C@@H]1CCC1=C(O)COC1=O.C=C1CC[C@@H]2[C@](C)(CO)[C@H](O)CC[C@@]2(C)[C@@H]1CCC1=C(O)COC1=O.O=C(O)CCC(=O)O. The Labute approximate surface area is 341 Å². The number of esters is 2. The monoisotopic (exact) mass is 818 g/mol. The van der Waals surface area contributed by atoms with Crippen molar-refractivity contribution in [3.05, 3.63) is 47.0 Å². The second kappa shape index (κ2) is 18.7. The number of rotatable bonds is 11. The number of fused-ring (bicyclic) bond motifs is 2. The van der Waals surface area contributed by atoms with Crippen LogP contribution >= 0.6 is 0 Å².